The second kappa shape index (κ2) is 6.72. The maximum atomic E-state index is 13.1. The number of amides is 1. The monoisotopic (exact) mass is 364 g/mol. The molecule has 0 radical (unpaired) electrons. The molecule has 1 aliphatic heterocycles. The van der Waals surface area contributed by atoms with Crippen molar-refractivity contribution in [1.29, 1.82) is 0 Å². The highest BCUT2D eigenvalue weighted by Gasteiger charge is 2.30. The minimum Gasteiger partial charge on any atom is -0.503 e. The first-order chi connectivity index (χ1) is 13.0. The molecule has 0 spiro atoms. The molecule has 0 aliphatic carbocycles. The highest BCUT2D eigenvalue weighted by atomic mass is 19.1. The van der Waals surface area contributed by atoms with Crippen LogP contribution in [-0.4, -0.2) is 27.0 Å². The molecule has 27 heavy (non-hydrogen) atoms. The summed E-state index contributed by atoms with van der Waals surface area (Å²) in [6.45, 7) is 1.15. The molecule has 1 aliphatic rings. The van der Waals surface area contributed by atoms with Crippen LogP contribution < -0.4 is 5.43 Å². The lowest BCUT2D eigenvalue weighted by atomic mass is 10.1. The molecule has 1 aromatic heterocycles. The van der Waals surface area contributed by atoms with Crippen molar-refractivity contribution in [2.45, 2.75) is 13.1 Å². The Kier molecular flexibility index (Phi) is 4.24. The largest absolute Gasteiger partial charge is 0.503 e. The van der Waals surface area contributed by atoms with Crippen LogP contribution >= 0.6 is 0 Å². The van der Waals surface area contributed by atoms with Crippen molar-refractivity contribution in [3.05, 3.63) is 88.0 Å². The molecule has 2 heterocycles. The van der Waals surface area contributed by atoms with Crippen LogP contribution in [0.4, 0.5) is 4.39 Å². The molecular weight excluding hydrogens is 347 g/mol. The zero-order chi connectivity index (χ0) is 19.0. The van der Waals surface area contributed by atoms with Gasteiger partial charge in [0.2, 0.25) is 5.43 Å². The van der Waals surface area contributed by atoms with E-state index in [0.717, 1.165) is 11.1 Å². The maximum absolute atomic E-state index is 13.1. The normalized spacial score (nSPS) is 13.5. The maximum Gasteiger partial charge on any atom is 0.274 e. The quantitative estimate of drug-likeness (QED) is 0.777. The summed E-state index contributed by atoms with van der Waals surface area (Å²) in [6.07, 6.45) is 0. The summed E-state index contributed by atoms with van der Waals surface area (Å²) in [5, 5.41) is 10.3. The van der Waals surface area contributed by atoms with E-state index in [1.165, 1.54) is 18.2 Å². The Hall–Kier alpha value is -3.41. The van der Waals surface area contributed by atoms with E-state index < -0.39 is 17.1 Å². The van der Waals surface area contributed by atoms with Crippen molar-refractivity contribution in [3.8, 4) is 17.0 Å². The molecule has 4 rings (SSSR count). The Morgan fingerprint density at radius 1 is 0.963 bits per heavy atom. The molecule has 0 atom stereocenters. The molecule has 1 N–H and O–H groups in total. The number of halogens is 1. The van der Waals surface area contributed by atoms with Crippen LogP contribution in [0.25, 0.3) is 11.3 Å². The van der Waals surface area contributed by atoms with Gasteiger partial charge in [0.1, 0.15) is 5.82 Å². The number of carbonyl (C=O) groups excluding carboxylic acids is 1. The van der Waals surface area contributed by atoms with Crippen molar-refractivity contribution in [3.63, 3.8) is 0 Å². The van der Waals surface area contributed by atoms with E-state index in [2.05, 4.69) is 0 Å². The van der Waals surface area contributed by atoms with E-state index >= 15 is 0 Å². The number of nitrogens with zero attached hydrogens (tertiary/aromatic N) is 2. The standard InChI is InChI=1S/C21H17FN2O3/c22-16-8-6-14(7-9-16)13-23-10-11-24-17(15-4-2-1-3-5-15)12-18(25)20(26)19(24)21(23)27/h1-9,12,26H,10-11,13H2. The van der Waals surface area contributed by atoms with Gasteiger partial charge in [0.15, 0.2) is 11.4 Å². The Morgan fingerprint density at radius 2 is 1.67 bits per heavy atom. The molecular formula is C21H17FN2O3. The predicted octanol–water partition coefficient (Wildman–Crippen LogP) is 3.02. The summed E-state index contributed by atoms with van der Waals surface area (Å²) in [4.78, 5) is 26.8. The first-order valence-corrected chi connectivity index (χ1v) is 8.60. The molecule has 3 aromatic rings. The predicted molar refractivity (Wildman–Crippen MR) is 98.9 cm³/mol. The number of hydrogen-bond donors (Lipinski definition) is 1. The van der Waals surface area contributed by atoms with Gasteiger partial charge in [-0.05, 0) is 23.3 Å². The van der Waals surface area contributed by atoms with Crippen molar-refractivity contribution in [2.24, 2.45) is 0 Å². The lowest BCUT2D eigenvalue weighted by Gasteiger charge is -2.32. The molecule has 0 saturated heterocycles. The zero-order valence-electron chi connectivity index (χ0n) is 14.4. The van der Waals surface area contributed by atoms with Crippen molar-refractivity contribution < 1.29 is 14.3 Å². The number of pyridine rings is 1. The van der Waals surface area contributed by atoms with E-state index in [9.17, 15) is 19.1 Å². The summed E-state index contributed by atoms with van der Waals surface area (Å²) in [7, 11) is 0. The minimum absolute atomic E-state index is 0.00489. The smallest absolute Gasteiger partial charge is 0.274 e. The molecule has 136 valence electrons. The van der Waals surface area contributed by atoms with Crippen LogP contribution in [0, 0.1) is 5.82 Å². The van der Waals surface area contributed by atoms with Gasteiger partial charge in [-0.1, -0.05) is 42.5 Å². The van der Waals surface area contributed by atoms with Gasteiger partial charge >= 0.3 is 0 Å². The fourth-order valence-corrected chi connectivity index (χ4v) is 3.37. The molecule has 1 amide bonds. The molecule has 0 saturated carbocycles. The summed E-state index contributed by atoms with van der Waals surface area (Å²) in [5.41, 5.74) is 1.59. The number of benzene rings is 2. The number of fused-ring (bicyclic) bond motifs is 1. The van der Waals surface area contributed by atoms with Crippen LogP contribution in [0.2, 0.25) is 0 Å². The number of aromatic nitrogens is 1. The number of carbonyl (C=O) groups is 1. The molecule has 2 aromatic carbocycles. The number of rotatable bonds is 3. The Bertz CT molecular complexity index is 1060. The van der Waals surface area contributed by atoms with E-state index in [4.69, 9.17) is 0 Å². The summed E-state index contributed by atoms with van der Waals surface area (Å²) in [6, 6.07) is 16.6. The fraction of sp³-hybridized carbons (Fsp3) is 0.143. The van der Waals surface area contributed by atoms with E-state index in [1.807, 2.05) is 30.3 Å². The van der Waals surface area contributed by atoms with E-state index in [1.54, 1.807) is 21.6 Å². The SMILES string of the molecule is O=C1c2c(O)c(=O)cc(-c3ccccc3)n2CCN1Cc1ccc(F)cc1. The van der Waals surface area contributed by atoms with Gasteiger partial charge in [-0.2, -0.15) is 0 Å². The van der Waals surface area contributed by atoms with Crippen molar-refractivity contribution >= 4 is 5.91 Å². The fourth-order valence-electron chi connectivity index (χ4n) is 3.37. The molecule has 0 bridgehead atoms. The van der Waals surface area contributed by atoms with Crippen LogP contribution in [0.1, 0.15) is 16.1 Å². The van der Waals surface area contributed by atoms with Gasteiger partial charge < -0.3 is 14.6 Å². The second-order valence-corrected chi connectivity index (χ2v) is 6.46. The van der Waals surface area contributed by atoms with Gasteiger partial charge in [-0.15, -0.1) is 0 Å². The second-order valence-electron chi connectivity index (χ2n) is 6.46. The third-order valence-electron chi connectivity index (χ3n) is 4.73. The first-order valence-electron chi connectivity index (χ1n) is 8.60. The van der Waals surface area contributed by atoms with Crippen LogP contribution in [0.15, 0.2) is 65.5 Å². The van der Waals surface area contributed by atoms with Crippen LogP contribution in [0.5, 0.6) is 5.75 Å². The first kappa shape index (κ1) is 17.0. The summed E-state index contributed by atoms with van der Waals surface area (Å²) >= 11 is 0. The summed E-state index contributed by atoms with van der Waals surface area (Å²) in [5.74, 6) is -1.30. The highest BCUT2D eigenvalue weighted by Crippen LogP contribution is 2.27. The average Bonchev–Trinajstić information content (AvgIpc) is 2.69. The van der Waals surface area contributed by atoms with Gasteiger partial charge in [0, 0.05) is 25.7 Å². The minimum atomic E-state index is -0.586. The Balaban J connectivity index is 1.75. The lowest BCUT2D eigenvalue weighted by Crippen LogP contribution is -2.41. The third-order valence-corrected chi connectivity index (χ3v) is 4.73. The van der Waals surface area contributed by atoms with Gasteiger partial charge in [-0.3, -0.25) is 9.59 Å². The number of hydrogen-bond acceptors (Lipinski definition) is 3. The molecule has 6 heteroatoms. The Labute approximate surface area is 154 Å². The Morgan fingerprint density at radius 3 is 2.37 bits per heavy atom. The summed E-state index contributed by atoms with van der Waals surface area (Å²) < 4.78 is 14.8. The highest BCUT2D eigenvalue weighted by molar-refractivity contribution is 5.96. The average molecular weight is 364 g/mol. The van der Waals surface area contributed by atoms with E-state index in [-0.39, 0.29) is 18.1 Å². The van der Waals surface area contributed by atoms with Crippen LogP contribution in [0.3, 0.4) is 0 Å². The van der Waals surface area contributed by atoms with Crippen molar-refractivity contribution in [1.82, 2.24) is 9.47 Å². The third kappa shape index (κ3) is 3.10. The van der Waals surface area contributed by atoms with Crippen molar-refractivity contribution in [2.75, 3.05) is 6.54 Å². The molecule has 0 fully saturated rings. The van der Waals surface area contributed by atoms with E-state index in [0.29, 0.717) is 18.8 Å². The molecule has 5 nitrogen and oxygen atoms in total. The zero-order valence-corrected chi connectivity index (χ0v) is 14.4. The lowest BCUT2D eigenvalue weighted by molar-refractivity contribution is 0.0684. The topological polar surface area (TPSA) is 62.5 Å². The van der Waals surface area contributed by atoms with Gasteiger partial charge in [0.05, 0.1) is 5.69 Å². The van der Waals surface area contributed by atoms with Crippen LogP contribution in [-0.2, 0) is 13.1 Å². The van der Waals surface area contributed by atoms with Gasteiger partial charge in [-0.25, -0.2) is 4.39 Å². The number of aromatic hydroxyl groups is 1. The van der Waals surface area contributed by atoms with Gasteiger partial charge in [0.25, 0.3) is 5.91 Å². The molecule has 0 unspecified atom stereocenters.